The van der Waals surface area contributed by atoms with Gasteiger partial charge < -0.3 is 15.0 Å². The zero-order valence-electron chi connectivity index (χ0n) is 14.7. The predicted molar refractivity (Wildman–Crippen MR) is 101 cm³/mol. The van der Waals surface area contributed by atoms with Crippen molar-refractivity contribution in [3.63, 3.8) is 0 Å². The minimum atomic E-state index is -0.409. The number of fused-ring (bicyclic) bond motifs is 1. The fourth-order valence-corrected chi connectivity index (χ4v) is 3.45. The van der Waals surface area contributed by atoms with E-state index in [-0.39, 0.29) is 18.4 Å². The Morgan fingerprint density at radius 2 is 2.04 bits per heavy atom. The van der Waals surface area contributed by atoms with Crippen LogP contribution in [-0.4, -0.2) is 43.1 Å². The number of hydrogen-bond acceptors (Lipinski definition) is 5. The number of halogens is 1. The van der Waals surface area contributed by atoms with E-state index >= 15 is 0 Å². The van der Waals surface area contributed by atoms with Gasteiger partial charge in [0.1, 0.15) is 17.5 Å². The van der Waals surface area contributed by atoms with Crippen molar-refractivity contribution < 1.29 is 14.3 Å². The van der Waals surface area contributed by atoms with E-state index in [1.807, 2.05) is 30.3 Å². The van der Waals surface area contributed by atoms with Crippen molar-refractivity contribution in [2.45, 2.75) is 19.8 Å². The molecule has 2 heterocycles. The minimum Gasteiger partial charge on any atom is -0.465 e. The van der Waals surface area contributed by atoms with E-state index < -0.39 is 5.97 Å². The summed E-state index contributed by atoms with van der Waals surface area (Å²) < 4.78 is 4.82. The third kappa shape index (κ3) is 4.25. The number of ether oxygens (including phenoxy) is 1. The van der Waals surface area contributed by atoms with Gasteiger partial charge in [-0.05, 0) is 31.2 Å². The third-order valence-corrected chi connectivity index (χ3v) is 4.87. The lowest BCUT2D eigenvalue weighted by Crippen LogP contribution is -2.42. The smallest absolute Gasteiger partial charge is 0.325 e. The maximum absolute atomic E-state index is 12.2. The number of carbonyl (C=O) groups is 2. The van der Waals surface area contributed by atoms with Crippen molar-refractivity contribution in [1.29, 1.82) is 0 Å². The molecular formula is C19H22ClN3O3. The Balaban J connectivity index is 1.58. The molecule has 0 aliphatic carbocycles. The Bertz CT molecular complexity index is 804. The van der Waals surface area contributed by atoms with Crippen LogP contribution in [0.15, 0.2) is 30.3 Å². The standard InChI is InChI=1S/C19H22ClN3O3/c1-2-26-17(24)12-21-19(25)13-7-9-23(10-8-13)16-11-14-5-3-4-6-15(14)18(20)22-16/h3-6,11,13H,2,7-10,12H2,1H3,(H,21,25). The monoisotopic (exact) mass is 375 g/mol. The summed E-state index contributed by atoms with van der Waals surface area (Å²) in [6.45, 7) is 3.42. The van der Waals surface area contributed by atoms with Crippen molar-refractivity contribution in [2.75, 3.05) is 31.1 Å². The highest BCUT2D eigenvalue weighted by molar-refractivity contribution is 6.34. The third-order valence-electron chi connectivity index (χ3n) is 4.58. The highest BCUT2D eigenvalue weighted by Gasteiger charge is 2.26. The highest BCUT2D eigenvalue weighted by atomic mass is 35.5. The fraction of sp³-hybridized carbons (Fsp3) is 0.421. The van der Waals surface area contributed by atoms with Gasteiger partial charge in [0.25, 0.3) is 0 Å². The molecule has 1 aliphatic rings. The van der Waals surface area contributed by atoms with Crippen molar-refractivity contribution in [3.8, 4) is 0 Å². The summed E-state index contributed by atoms with van der Waals surface area (Å²) in [6, 6.07) is 9.91. The molecule has 3 rings (SSSR count). The number of rotatable bonds is 5. The molecule has 0 saturated carbocycles. The maximum Gasteiger partial charge on any atom is 0.325 e. The van der Waals surface area contributed by atoms with Crippen molar-refractivity contribution in [1.82, 2.24) is 10.3 Å². The van der Waals surface area contributed by atoms with E-state index in [4.69, 9.17) is 16.3 Å². The molecular weight excluding hydrogens is 354 g/mol. The molecule has 0 atom stereocenters. The van der Waals surface area contributed by atoms with Crippen LogP contribution in [0.5, 0.6) is 0 Å². The number of aromatic nitrogens is 1. The molecule has 0 spiro atoms. The lowest BCUT2D eigenvalue weighted by molar-refractivity contribution is -0.143. The van der Waals surface area contributed by atoms with Crippen LogP contribution in [-0.2, 0) is 14.3 Å². The number of anilines is 1. The van der Waals surface area contributed by atoms with E-state index in [9.17, 15) is 9.59 Å². The molecule has 1 fully saturated rings. The van der Waals surface area contributed by atoms with Crippen LogP contribution in [0.25, 0.3) is 10.8 Å². The van der Waals surface area contributed by atoms with Crippen LogP contribution >= 0.6 is 11.6 Å². The van der Waals surface area contributed by atoms with Gasteiger partial charge in [-0.1, -0.05) is 35.9 Å². The molecule has 0 unspecified atom stereocenters. The molecule has 1 aliphatic heterocycles. The zero-order valence-corrected chi connectivity index (χ0v) is 15.5. The number of carbonyl (C=O) groups excluding carboxylic acids is 2. The Labute approximate surface area is 157 Å². The molecule has 1 aromatic carbocycles. The largest absolute Gasteiger partial charge is 0.465 e. The second-order valence-corrected chi connectivity index (χ2v) is 6.63. The molecule has 1 amide bonds. The molecule has 7 heteroatoms. The summed E-state index contributed by atoms with van der Waals surface area (Å²) in [5, 5.41) is 5.14. The molecule has 26 heavy (non-hydrogen) atoms. The van der Waals surface area contributed by atoms with Gasteiger partial charge >= 0.3 is 5.97 Å². The summed E-state index contributed by atoms with van der Waals surface area (Å²) in [4.78, 5) is 30.2. The molecule has 1 N–H and O–H groups in total. The quantitative estimate of drug-likeness (QED) is 0.642. The first kappa shape index (κ1) is 18.5. The summed E-state index contributed by atoms with van der Waals surface area (Å²) in [5.41, 5.74) is 0. The first-order valence-corrected chi connectivity index (χ1v) is 9.20. The van der Waals surface area contributed by atoms with E-state index in [1.165, 1.54) is 0 Å². The number of benzene rings is 1. The van der Waals surface area contributed by atoms with Crippen molar-refractivity contribution >= 4 is 40.1 Å². The Kier molecular flexibility index (Phi) is 5.93. The molecule has 6 nitrogen and oxygen atoms in total. The number of piperidine rings is 1. The second kappa shape index (κ2) is 8.36. The van der Waals surface area contributed by atoms with Gasteiger partial charge in [-0.2, -0.15) is 0 Å². The van der Waals surface area contributed by atoms with Gasteiger partial charge in [0.05, 0.1) is 6.61 Å². The zero-order chi connectivity index (χ0) is 18.5. The fourth-order valence-electron chi connectivity index (χ4n) is 3.19. The minimum absolute atomic E-state index is 0.0747. The van der Waals surface area contributed by atoms with Gasteiger partial charge in [-0.3, -0.25) is 9.59 Å². The molecule has 138 valence electrons. The van der Waals surface area contributed by atoms with E-state index in [1.54, 1.807) is 6.92 Å². The lowest BCUT2D eigenvalue weighted by Gasteiger charge is -2.32. The Morgan fingerprint density at radius 3 is 2.77 bits per heavy atom. The van der Waals surface area contributed by atoms with Gasteiger partial charge in [0, 0.05) is 24.4 Å². The van der Waals surface area contributed by atoms with Crippen molar-refractivity contribution in [3.05, 3.63) is 35.5 Å². The second-order valence-electron chi connectivity index (χ2n) is 6.28. The van der Waals surface area contributed by atoms with Crippen LogP contribution in [0.4, 0.5) is 5.82 Å². The average Bonchev–Trinajstić information content (AvgIpc) is 2.66. The predicted octanol–water partition coefficient (Wildman–Crippen LogP) is 2.78. The van der Waals surface area contributed by atoms with Gasteiger partial charge in [-0.15, -0.1) is 0 Å². The van der Waals surface area contributed by atoms with Crippen molar-refractivity contribution in [2.24, 2.45) is 5.92 Å². The number of nitrogens with zero attached hydrogens (tertiary/aromatic N) is 2. The van der Waals surface area contributed by atoms with Gasteiger partial charge in [0.15, 0.2) is 0 Å². The van der Waals surface area contributed by atoms with Gasteiger partial charge in [0.2, 0.25) is 5.91 Å². The average molecular weight is 376 g/mol. The van der Waals surface area contributed by atoms with Crippen LogP contribution in [0.1, 0.15) is 19.8 Å². The molecule has 0 radical (unpaired) electrons. The lowest BCUT2D eigenvalue weighted by atomic mass is 9.96. The van der Waals surface area contributed by atoms with Crippen LogP contribution < -0.4 is 10.2 Å². The first-order chi connectivity index (χ1) is 12.6. The van der Waals surface area contributed by atoms with E-state index in [0.717, 1.165) is 29.7 Å². The van der Waals surface area contributed by atoms with E-state index in [2.05, 4.69) is 15.2 Å². The molecule has 1 saturated heterocycles. The number of amides is 1. The number of esters is 1. The summed E-state index contributed by atoms with van der Waals surface area (Å²) in [7, 11) is 0. The number of pyridine rings is 1. The van der Waals surface area contributed by atoms with Crippen LogP contribution in [0, 0.1) is 5.92 Å². The normalized spacial score (nSPS) is 15.1. The SMILES string of the molecule is CCOC(=O)CNC(=O)C1CCN(c2cc3ccccc3c(Cl)n2)CC1. The molecule has 0 bridgehead atoms. The summed E-state index contributed by atoms with van der Waals surface area (Å²) >= 11 is 6.31. The number of nitrogens with one attached hydrogen (secondary N) is 1. The summed E-state index contributed by atoms with van der Waals surface area (Å²) in [5.74, 6) is 0.228. The molecule has 2 aromatic rings. The Hall–Kier alpha value is -2.34. The van der Waals surface area contributed by atoms with Crippen LogP contribution in [0.3, 0.4) is 0 Å². The Morgan fingerprint density at radius 1 is 1.31 bits per heavy atom. The highest BCUT2D eigenvalue weighted by Crippen LogP contribution is 2.28. The van der Waals surface area contributed by atoms with Crippen LogP contribution in [0.2, 0.25) is 5.15 Å². The van der Waals surface area contributed by atoms with E-state index in [0.29, 0.717) is 24.6 Å². The molecule has 1 aromatic heterocycles. The topological polar surface area (TPSA) is 71.5 Å². The maximum atomic E-state index is 12.2. The van der Waals surface area contributed by atoms with Gasteiger partial charge in [-0.25, -0.2) is 4.98 Å². The number of hydrogen-bond donors (Lipinski definition) is 1. The summed E-state index contributed by atoms with van der Waals surface area (Å²) in [6.07, 6.45) is 1.42. The first-order valence-electron chi connectivity index (χ1n) is 8.82.